The van der Waals surface area contributed by atoms with E-state index in [0.717, 1.165) is 19.5 Å². The first kappa shape index (κ1) is 16.0. The number of amides is 1. The molecule has 1 aliphatic rings. The number of nitrogens with zero attached hydrogens (tertiary/aromatic N) is 2. The largest absolute Gasteiger partial charge is 0.379 e. The van der Waals surface area contributed by atoms with E-state index in [9.17, 15) is 4.79 Å². The molecule has 0 aliphatic carbocycles. The smallest absolute Gasteiger partial charge is 0.255 e. The van der Waals surface area contributed by atoms with Crippen LogP contribution in [0.15, 0.2) is 12.3 Å². The molecule has 2 rings (SSSR count). The molecular weight excluding hydrogens is 290 g/mol. The van der Waals surface area contributed by atoms with Gasteiger partial charge < -0.3 is 15.0 Å². The zero-order valence-electron chi connectivity index (χ0n) is 12.7. The van der Waals surface area contributed by atoms with Crippen LogP contribution in [0, 0.1) is 5.92 Å². The van der Waals surface area contributed by atoms with Crippen LogP contribution in [-0.2, 0) is 4.74 Å². The van der Waals surface area contributed by atoms with Crippen LogP contribution >= 0.6 is 11.6 Å². The van der Waals surface area contributed by atoms with E-state index in [0.29, 0.717) is 28.9 Å². The molecule has 2 atom stereocenters. The van der Waals surface area contributed by atoms with Crippen molar-refractivity contribution in [3.05, 3.63) is 22.8 Å². The van der Waals surface area contributed by atoms with Gasteiger partial charge in [0.25, 0.3) is 5.91 Å². The SMILES string of the molecule is CCNc1ncc(C(=O)N2CCC(C)C(OC)C2)cc1Cl. The molecule has 6 heteroatoms. The average molecular weight is 312 g/mol. The first-order valence-corrected chi connectivity index (χ1v) is 7.66. The van der Waals surface area contributed by atoms with Crippen molar-refractivity contribution < 1.29 is 9.53 Å². The Hall–Kier alpha value is -1.33. The lowest BCUT2D eigenvalue weighted by molar-refractivity contribution is -0.00157. The quantitative estimate of drug-likeness (QED) is 0.929. The van der Waals surface area contributed by atoms with Crippen molar-refractivity contribution in [3.63, 3.8) is 0 Å². The summed E-state index contributed by atoms with van der Waals surface area (Å²) in [5.74, 6) is 1.04. The number of anilines is 1. The molecule has 0 saturated carbocycles. The van der Waals surface area contributed by atoms with E-state index in [-0.39, 0.29) is 12.0 Å². The van der Waals surface area contributed by atoms with E-state index in [4.69, 9.17) is 16.3 Å². The molecule has 5 nitrogen and oxygen atoms in total. The summed E-state index contributed by atoms with van der Waals surface area (Å²) >= 11 is 6.15. The minimum Gasteiger partial charge on any atom is -0.379 e. The average Bonchev–Trinajstić information content (AvgIpc) is 2.49. The molecule has 2 heterocycles. The lowest BCUT2D eigenvalue weighted by Gasteiger charge is -2.36. The first-order chi connectivity index (χ1) is 10.1. The van der Waals surface area contributed by atoms with Gasteiger partial charge in [0.05, 0.1) is 16.7 Å². The highest BCUT2D eigenvalue weighted by molar-refractivity contribution is 6.33. The fourth-order valence-corrected chi connectivity index (χ4v) is 2.79. The van der Waals surface area contributed by atoms with E-state index in [1.54, 1.807) is 19.4 Å². The van der Waals surface area contributed by atoms with Crippen molar-refractivity contribution in [2.45, 2.75) is 26.4 Å². The number of carbonyl (C=O) groups is 1. The number of likely N-dealkylation sites (tertiary alicyclic amines) is 1. The first-order valence-electron chi connectivity index (χ1n) is 7.28. The van der Waals surface area contributed by atoms with Crippen molar-refractivity contribution in [1.29, 1.82) is 0 Å². The van der Waals surface area contributed by atoms with Crippen molar-refractivity contribution in [3.8, 4) is 0 Å². The number of hydrogen-bond acceptors (Lipinski definition) is 4. The maximum Gasteiger partial charge on any atom is 0.255 e. The van der Waals surface area contributed by atoms with Gasteiger partial charge in [0.2, 0.25) is 0 Å². The number of nitrogens with one attached hydrogen (secondary N) is 1. The standard InChI is InChI=1S/C15H22ClN3O2/c1-4-17-14-12(16)7-11(8-18-14)15(20)19-6-5-10(2)13(9-19)21-3/h7-8,10,13H,4-6,9H2,1-3H3,(H,17,18). The number of hydrogen-bond donors (Lipinski definition) is 1. The molecule has 116 valence electrons. The molecule has 1 N–H and O–H groups in total. The summed E-state index contributed by atoms with van der Waals surface area (Å²) in [5.41, 5.74) is 0.519. The Kier molecular flexibility index (Phi) is 5.42. The topological polar surface area (TPSA) is 54.5 Å². The summed E-state index contributed by atoms with van der Waals surface area (Å²) in [7, 11) is 1.69. The molecular formula is C15H22ClN3O2. The summed E-state index contributed by atoms with van der Waals surface area (Å²) in [6.07, 6.45) is 2.61. The van der Waals surface area contributed by atoms with Crippen LogP contribution in [0.4, 0.5) is 5.82 Å². The van der Waals surface area contributed by atoms with E-state index in [2.05, 4.69) is 17.2 Å². The van der Waals surface area contributed by atoms with Gasteiger partial charge in [-0.05, 0) is 25.3 Å². The number of pyridine rings is 1. The maximum absolute atomic E-state index is 12.5. The van der Waals surface area contributed by atoms with Gasteiger partial charge >= 0.3 is 0 Å². The lowest BCUT2D eigenvalue weighted by atomic mass is 9.95. The number of methoxy groups -OCH3 is 1. The molecule has 1 aromatic rings. The van der Waals surface area contributed by atoms with Crippen molar-refractivity contribution >= 4 is 23.3 Å². The third-order valence-corrected chi connectivity index (χ3v) is 4.20. The third-order valence-electron chi connectivity index (χ3n) is 3.91. The summed E-state index contributed by atoms with van der Waals surface area (Å²) < 4.78 is 5.45. The van der Waals surface area contributed by atoms with E-state index in [1.165, 1.54) is 0 Å². The zero-order valence-corrected chi connectivity index (χ0v) is 13.5. The molecule has 2 unspecified atom stereocenters. The molecule has 1 amide bonds. The Morgan fingerprint density at radius 2 is 2.38 bits per heavy atom. The minimum atomic E-state index is -0.0404. The van der Waals surface area contributed by atoms with Crippen LogP contribution in [0.2, 0.25) is 5.02 Å². The van der Waals surface area contributed by atoms with Gasteiger partial charge in [-0.3, -0.25) is 4.79 Å². The summed E-state index contributed by atoms with van der Waals surface area (Å²) in [6.45, 7) is 6.21. The number of ether oxygens (including phenoxy) is 1. The third kappa shape index (κ3) is 3.66. The molecule has 1 aromatic heterocycles. The van der Waals surface area contributed by atoms with Crippen molar-refractivity contribution in [2.75, 3.05) is 32.1 Å². The van der Waals surface area contributed by atoms with E-state index in [1.807, 2.05) is 11.8 Å². The van der Waals surface area contributed by atoms with E-state index < -0.39 is 0 Å². The normalized spacial score (nSPS) is 22.2. The maximum atomic E-state index is 12.5. The Balaban J connectivity index is 2.11. The van der Waals surface area contributed by atoms with Crippen molar-refractivity contribution in [2.24, 2.45) is 5.92 Å². The van der Waals surface area contributed by atoms with Crippen molar-refractivity contribution in [1.82, 2.24) is 9.88 Å². The van der Waals surface area contributed by atoms with Gasteiger partial charge in [0, 0.05) is 32.9 Å². The number of halogens is 1. The van der Waals surface area contributed by atoms with Crippen LogP contribution in [0.5, 0.6) is 0 Å². The van der Waals surface area contributed by atoms with Crippen LogP contribution in [-0.4, -0.2) is 48.6 Å². The molecule has 0 bridgehead atoms. The van der Waals surface area contributed by atoms with Gasteiger partial charge in [-0.2, -0.15) is 0 Å². The predicted molar refractivity (Wildman–Crippen MR) is 83.9 cm³/mol. The highest BCUT2D eigenvalue weighted by atomic mass is 35.5. The summed E-state index contributed by atoms with van der Waals surface area (Å²) in [6, 6.07) is 1.68. The predicted octanol–water partition coefficient (Wildman–Crippen LogP) is 2.66. The second kappa shape index (κ2) is 7.09. The molecule has 1 aliphatic heterocycles. The molecule has 0 aromatic carbocycles. The summed E-state index contributed by atoms with van der Waals surface area (Å²) in [5, 5.41) is 3.52. The minimum absolute atomic E-state index is 0.0404. The highest BCUT2D eigenvalue weighted by Gasteiger charge is 2.29. The number of carbonyl (C=O) groups excluding carboxylic acids is 1. The number of aromatic nitrogens is 1. The fraction of sp³-hybridized carbons (Fsp3) is 0.600. The van der Waals surface area contributed by atoms with Gasteiger partial charge in [0.15, 0.2) is 0 Å². The summed E-state index contributed by atoms with van der Waals surface area (Å²) in [4.78, 5) is 18.6. The Morgan fingerprint density at radius 3 is 3.00 bits per heavy atom. The van der Waals surface area contributed by atoms with E-state index >= 15 is 0 Å². The molecule has 1 saturated heterocycles. The Bertz CT molecular complexity index is 510. The number of piperidine rings is 1. The lowest BCUT2D eigenvalue weighted by Crippen LogP contribution is -2.46. The van der Waals surface area contributed by atoms with Gasteiger partial charge in [-0.15, -0.1) is 0 Å². The fourth-order valence-electron chi connectivity index (χ4n) is 2.56. The second-order valence-corrected chi connectivity index (χ2v) is 5.78. The molecule has 21 heavy (non-hydrogen) atoms. The highest BCUT2D eigenvalue weighted by Crippen LogP contribution is 2.24. The van der Waals surface area contributed by atoms with Crippen LogP contribution in [0.3, 0.4) is 0 Å². The molecule has 0 radical (unpaired) electrons. The Morgan fingerprint density at radius 1 is 1.62 bits per heavy atom. The number of rotatable bonds is 4. The van der Waals surface area contributed by atoms with Gasteiger partial charge in [-0.1, -0.05) is 18.5 Å². The molecule has 0 spiro atoms. The molecule has 1 fully saturated rings. The monoisotopic (exact) mass is 311 g/mol. The second-order valence-electron chi connectivity index (χ2n) is 5.38. The van der Waals surface area contributed by atoms with Crippen LogP contribution in [0.1, 0.15) is 30.6 Å². The zero-order chi connectivity index (χ0) is 15.4. The van der Waals surface area contributed by atoms with Crippen LogP contribution < -0.4 is 5.32 Å². The van der Waals surface area contributed by atoms with Crippen LogP contribution in [0.25, 0.3) is 0 Å². The van der Waals surface area contributed by atoms with Gasteiger partial charge in [0.1, 0.15) is 5.82 Å². The Labute approximate surface area is 130 Å². The van der Waals surface area contributed by atoms with Gasteiger partial charge in [-0.25, -0.2) is 4.98 Å².